The number of carbonyl (C=O) groups excluding carboxylic acids is 1. The quantitative estimate of drug-likeness (QED) is 0.677. The zero-order valence-electron chi connectivity index (χ0n) is 11.5. The van der Waals surface area contributed by atoms with Crippen LogP contribution in [0.2, 0.25) is 0 Å². The molecule has 0 atom stereocenters. The molecule has 0 saturated carbocycles. The van der Waals surface area contributed by atoms with Crippen LogP contribution < -0.4 is 10.1 Å². The van der Waals surface area contributed by atoms with Gasteiger partial charge in [-0.2, -0.15) is 0 Å². The summed E-state index contributed by atoms with van der Waals surface area (Å²) >= 11 is 1.29. The zero-order chi connectivity index (χ0) is 15.4. The summed E-state index contributed by atoms with van der Waals surface area (Å²) in [5.41, 5.74) is 0.741. The van der Waals surface area contributed by atoms with Crippen molar-refractivity contribution in [1.82, 2.24) is 4.98 Å². The normalized spacial score (nSPS) is 10.2. The molecule has 110 valence electrons. The molecule has 2 rings (SSSR count). The predicted molar refractivity (Wildman–Crippen MR) is 79.1 cm³/mol. The molecule has 0 radical (unpaired) electrons. The first kappa shape index (κ1) is 14.9. The molecule has 1 aromatic carbocycles. The Balaban J connectivity index is 2.25. The van der Waals surface area contributed by atoms with E-state index in [1.54, 1.807) is 12.3 Å². The van der Waals surface area contributed by atoms with Gasteiger partial charge in [-0.25, -0.2) is 4.98 Å². The van der Waals surface area contributed by atoms with E-state index in [-0.39, 0.29) is 17.0 Å². The van der Waals surface area contributed by atoms with Crippen molar-refractivity contribution in [2.24, 2.45) is 0 Å². The Labute approximate surface area is 124 Å². The molecule has 21 heavy (non-hydrogen) atoms. The van der Waals surface area contributed by atoms with Gasteiger partial charge in [0.2, 0.25) is 0 Å². The number of rotatable bonds is 5. The van der Waals surface area contributed by atoms with E-state index >= 15 is 0 Å². The maximum absolute atomic E-state index is 12.1. The van der Waals surface area contributed by atoms with E-state index < -0.39 is 10.8 Å². The third-order valence-corrected chi connectivity index (χ3v) is 3.43. The number of carbonyl (C=O) groups is 1. The number of nitrogens with zero attached hydrogens (tertiary/aromatic N) is 2. The van der Waals surface area contributed by atoms with Crippen molar-refractivity contribution in [2.45, 2.75) is 13.8 Å². The third kappa shape index (κ3) is 3.54. The molecule has 0 aliphatic rings. The van der Waals surface area contributed by atoms with Crippen LogP contribution in [0, 0.1) is 17.0 Å². The van der Waals surface area contributed by atoms with Crippen LogP contribution in [-0.4, -0.2) is 22.4 Å². The van der Waals surface area contributed by atoms with Crippen molar-refractivity contribution in [3.8, 4) is 5.75 Å². The molecule has 0 saturated heterocycles. The van der Waals surface area contributed by atoms with Crippen LogP contribution in [0.1, 0.15) is 23.0 Å². The Kier molecular flexibility index (Phi) is 4.49. The van der Waals surface area contributed by atoms with Crippen molar-refractivity contribution in [3.63, 3.8) is 0 Å². The Morgan fingerprint density at radius 2 is 2.29 bits per heavy atom. The molecule has 0 fully saturated rings. The van der Waals surface area contributed by atoms with Gasteiger partial charge in [0, 0.05) is 17.0 Å². The molecular formula is C13H13N3O4S. The van der Waals surface area contributed by atoms with Gasteiger partial charge in [-0.05, 0) is 26.0 Å². The summed E-state index contributed by atoms with van der Waals surface area (Å²) in [6.45, 7) is 3.85. The largest absolute Gasteiger partial charge is 0.487 e. The minimum absolute atomic E-state index is 0.143. The predicted octanol–water partition coefficient (Wildman–Crippen LogP) is 3.01. The number of nitro groups is 1. The summed E-state index contributed by atoms with van der Waals surface area (Å²) in [5, 5.41) is 15.9. The first-order chi connectivity index (χ1) is 10.0. The lowest BCUT2D eigenvalue weighted by molar-refractivity contribution is -0.385. The number of aromatic nitrogens is 1. The minimum Gasteiger partial charge on any atom is -0.487 e. The average Bonchev–Trinajstić information content (AvgIpc) is 2.84. The van der Waals surface area contributed by atoms with Crippen LogP contribution in [0.15, 0.2) is 23.6 Å². The second-order valence-electron chi connectivity index (χ2n) is 4.12. The van der Waals surface area contributed by atoms with E-state index in [1.807, 2.05) is 6.92 Å². The molecule has 1 amide bonds. The number of nitro benzene ring substituents is 1. The molecule has 2 aromatic rings. The van der Waals surface area contributed by atoms with E-state index in [0.29, 0.717) is 11.7 Å². The van der Waals surface area contributed by atoms with E-state index in [0.717, 1.165) is 5.69 Å². The van der Waals surface area contributed by atoms with Crippen molar-refractivity contribution < 1.29 is 14.5 Å². The third-order valence-electron chi connectivity index (χ3n) is 2.56. The lowest BCUT2D eigenvalue weighted by Crippen LogP contribution is -2.12. The van der Waals surface area contributed by atoms with Crippen molar-refractivity contribution in [3.05, 3.63) is 45.0 Å². The Hall–Kier alpha value is -2.48. The summed E-state index contributed by atoms with van der Waals surface area (Å²) in [6.07, 6.45) is 0. The Morgan fingerprint density at radius 1 is 1.52 bits per heavy atom. The van der Waals surface area contributed by atoms with Gasteiger partial charge in [0.1, 0.15) is 0 Å². The fourth-order valence-electron chi connectivity index (χ4n) is 1.66. The first-order valence-electron chi connectivity index (χ1n) is 6.16. The van der Waals surface area contributed by atoms with Crippen LogP contribution in [0.4, 0.5) is 10.8 Å². The first-order valence-corrected chi connectivity index (χ1v) is 7.04. The number of aryl methyl sites for hydroxylation is 1. The van der Waals surface area contributed by atoms with E-state index in [4.69, 9.17) is 4.74 Å². The van der Waals surface area contributed by atoms with Gasteiger partial charge in [-0.1, -0.05) is 0 Å². The van der Waals surface area contributed by atoms with Gasteiger partial charge < -0.3 is 4.74 Å². The number of hydrogen-bond donors (Lipinski definition) is 1. The minimum atomic E-state index is -0.574. The van der Waals surface area contributed by atoms with Gasteiger partial charge in [0.05, 0.1) is 17.2 Å². The van der Waals surface area contributed by atoms with Crippen LogP contribution in [0.5, 0.6) is 5.75 Å². The van der Waals surface area contributed by atoms with Crippen LogP contribution >= 0.6 is 11.3 Å². The molecule has 0 spiro atoms. The molecule has 8 heteroatoms. The highest BCUT2D eigenvalue weighted by Crippen LogP contribution is 2.28. The van der Waals surface area contributed by atoms with Crippen molar-refractivity contribution in [2.75, 3.05) is 11.9 Å². The lowest BCUT2D eigenvalue weighted by atomic mass is 10.2. The topological polar surface area (TPSA) is 94.4 Å². The number of nitrogens with one attached hydrogen (secondary N) is 1. The molecule has 1 aromatic heterocycles. The molecule has 0 aliphatic carbocycles. The van der Waals surface area contributed by atoms with Gasteiger partial charge in [-0.15, -0.1) is 11.3 Å². The van der Waals surface area contributed by atoms with E-state index in [2.05, 4.69) is 10.3 Å². The zero-order valence-corrected chi connectivity index (χ0v) is 12.3. The Morgan fingerprint density at radius 3 is 2.86 bits per heavy atom. The molecule has 0 unspecified atom stereocenters. The van der Waals surface area contributed by atoms with E-state index in [9.17, 15) is 14.9 Å². The van der Waals surface area contributed by atoms with Gasteiger partial charge in [-0.3, -0.25) is 20.2 Å². The monoisotopic (exact) mass is 307 g/mol. The molecule has 1 N–H and O–H groups in total. The van der Waals surface area contributed by atoms with Crippen LogP contribution in [0.3, 0.4) is 0 Å². The standard InChI is InChI=1S/C13H13N3O4S/c1-3-20-11-5-4-9(6-10(11)16(18)19)12(17)15-13-14-8(2)7-21-13/h4-7H,3H2,1-2H3,(H,14,15,17). The fraction of sp³-hybridized carbons (Fsp3) is 0.231. The van der Waals surface area contributed by atoms with Crippen LogP contribution in [-0.2, 0) is 0 Å². The van der Waals surface area contributed by atoms with Crippen molar-refractivity contribution >= 4 is 28.1 Å². The molecule has 7 nitrogen and oxygen atoms in total. The summed E-state index contributed by atoms with van der Waals surface area (Å²) in [7, 11) is 0. The van der Waals surface area contributed by atoms with Crippen LogP contribution in [0.25, 0.3) is 0 Å². The smallest absolute Gasteiger partial charge is 0.311 e. The maximum atomic E-state index is 12.1. The number of benzene rings is 1. The fourth-order valence-corrected chi connectivity index (χ4v) is 2.34. The van der Waals surface area contributed by atoms with Gasteiger partial charge in [0.25, 0.3) is 5.91 Å². The highest BCUT2D eigenvalue weighted by Gasteiger charge is 2.19. The SMILES string of the molecule is CCOc1ccc(C(=O)Nc2nc(C)cs2)cc1[N+](=O)[O-]. The van der Waals surface area contributed by atoms with Gasteiger partial charge in [0.15, 0.2) is 10.9 Å². The number of hydrogen-bond acceptors (Lipinski definition) is 6. The highest BCUT2D eigenvalue weighted by atomic mass is 32.1. The second kappa shape index (κ2) is 6.31. The molecular weight excluding hydrogens is 294 g/mol. The second-order valence-corrected chi connectivity index (χ2v) is 4.98. The van der Waals surface area contributed by atoms with E-state index in [1.165, 1.54) is 29.5 Å². The molecule has 0 aliphatic heterocycles. The summed E-state index contributed by atoms with van der Waals surface area (Å²) in [4.78, 5) is 26.6. The number of amides is 1. The van der Waals surface area contributed by atoms with Gasteiger partial charge >= 0.3 is 5.69 Å². The maximum Gasteiger partial charge on any atom is 0.311 e. The number of anilines is 1. The summed E-state index contributed by atoms with van der Waals surface area (Å²) < 4.78 is 5.17. The van der Waals surface area contributed by atoms with Crippen molar-refractivity contribution in [1.29, 1.82) is 0 Å². The number of thiazole rings is 1. The number of ether oxygens (including phenoxy) is 1. The molecule has 0 bridgehead atoms. The Bertz CT molecular complexity index is 684. The highest BCUT2D eigenvalue weighted by molar-refractivity contribution is 7.13. The molecule has 1 heterocycles. The lowest BCUT2D eigenvalue weighted by Gasteiger charge is -2.06. The summed E-state index contributed by atoms with van der Waals surface area (Å²) in [6, 6.07) is 4.10. The summed E-state index contributed by atoms with van der Waals surface area (Å²) in [5.74, 6) is -0.306. The average molecular weight is 307 g/mol.